The van der Waals surface area contributed by atoms with Gasteiger partial charge in [-0.15, -0.1) is 0 Å². The number of para-hydroxylation sites is 1. The second kappa shape index (κ2) is 7.79. The highest BCUT2D eigenvalue weighted by Crippen LogP contribution is 2.39. The van der Waals surface area contributed by atoms with Crippen molar-refractivity contribution in [3.63, 3.8) is 0 Å². The number of amides is 1. The number of pyridine rings is 1. The SMILES string of the molecule is O=C(c1cccnc1NC1CCOC2(CCCCC2)C1)N1CCc2ccccc21. The Bertz CT molecular complexity index is 886. The minimum atomic E-state index is 0.0288. The number of fused-ring (bicyclic) bond motifs is 1. The number of nitrogens with zero attached hydrogens (tertiary/aromatic N) is 2. The molecule has 152 valence electrons. The van der Waals surface area contributed by atoms with Crippen LogP contribution in [0.3, 0.4) is 0 Å². The molecule has 3 heterocycles. The normalized spacial score (nSPS) is 23.0. The van der Waals surface area contributed by atoms with Gasteiger partial charge in [0.05, 0.1) is 11.2 Å². The summed E-state index contributed by atoms with van der Waals surface area (Å²) in [7, 11) is 0. The van der Waals surface area contributed by atoms with E-state index in [2.05, 4.69) is 16.4 Å². The number of carbonyl (C=O) groups is 1. The van der Waals surface area contributed by atoms with Crippen molar-refractivity contribution in [2.45, 2.75) is 63.0 Å². The van der Waals surface area contributed by atoms with Gasteiger partial charge in [-0.2, -0.15) is 0 Å². The molecule has 5 nitrogen and oxygen atoms in total. The van der Waals surface area contributed by atoms with Crippen molar-refractivity contribution in [2.75, 3.05) is 23.4 Å². The monoisotopic (exact) mass is 391 g/mol. The molecule has 2 aromatic rings. The van der Waals surface area contributed by atoms with Gasteiger partial charge >= 0.3 is 0 Å². The van der Waals surface area contributed by atoms with E-state index in [0.29, 0.717) is 17.4 Å². The largest absolute Gasteiger partial charge is 0.375 e. The van der Waals surface area contributed by atoms with Crippen molar-refractivity contribution in [3.8, 4) is 0 Å². The number of anilines is 2. The topological polar surface area (TPSA) is 54.5 Å². The third-order valence-corrected chi connectivity index (χ3v) is 6.77. The Labute approximate surface area is 172 Å². The molecule has 5 rings (SSSR count). The Balaban J connectivity index is 1.35. The molecule has 1 saturated carbocycles. The van der Waals surface area contributed by atoms with Gasteiger partial charge in [0, 0.05) is 31.1 Å². The molecule has 0 radical (unpaired) electrons. The fourth-order valence-corrected chi connectivity index (χ4v) is 5.28. The summed E-state index contributed by atoms with van der Waals surface area (Å²) in [6.07, 6.45) is 10.8. The number of benzene rings is 1. The molecule has 0 bridgehead atoms. The standard InChI is InChI=1S/C24H29N3O2/c28-23(27-15-10-18-7-2-3-9-21(18)27)20-8-6-14-25-22(20)26-19-11-16-29-24(17-19)12-4-1-5-13-24/h2-3,6-9,14,19H,1,4-5,10-13,15-17H2,(H,25,26). The first kappa shape index (κ1) is 18.6. The lowest BCUT2D eigenvalue weighted by Gasteiger charge is -2.43. The third-order valence-electron chi connectivity index (χ3n) is 6.77. The highest BCUT2D eigenvalue weighted by molar-refractivity contribution is 6.10. The highest BCUT2D eigenvalue weighted by Gasteiger charge is 2.39. The predicted molar refractivity (Wildman–Crippen MR) is 114 cm³/mol. The Hall–Kier alpha value is -2.40. The van der Waals surface area contributed by atoms with Gasteiger partial charge in [-0.1, -0.05) is 37.5 Å². The van der Waals surface area contributed by atoms with Crippen molar-refractivity contribution in [2.24, 2.45) is 0 Å². The van der Waals surface area contributed by atoms with Crippen LogP contribution in [0.4, 0.5) is 11.5 Å². The molecule has 2 aliphatic heterocycles. The van der Waals surface area contributed by atoms with Crippen LogP contribution in [0.5, 0.6) is 0 Å². The smallest absolute Gasteiger partial charge is 0.262 e. The third kappa shape index (κ3) is 3.64. The minimum absolute atomic E-state index is 0.0288. The van der Waals surface area contributed by atoms with E-state index in [9.17, 15) is 4.79 Å². The predicted octanol–water partition coefficient (Wildman–Crippen LogP) is 4.58. The first-order chi connectivity index (χ1) is 14.2. The first-order valence-electron chi connectivity index (χ1n) is 11.0. The van der Waals surface area contributed by atoms with Crippen LogP contribution in [-0.4, -0.2) is 35.7 Å². The van der Waals surface area contributed by atoms with Gasteiger partial charge in [-0.3, -0.25) is 4.79 Å². The summed E-state index contributed by atoms with van der Waals surface area (Å²) in [5, 5.41) is 3.61. The molecule has 1 N–H and O–H groups in total. The number of hydrogen-bond donors (Lipinski definition) is 1. The van der Waals surface area contributed by atoms with Gasteiger partial charge in [-0.25, -0.2) is 4.98 Å². The van der Waals surface area contributed by atoms with Crippen molar-refractivity contribution in [3.05, 3.63) is 53.7 Å². The average molecular weight is 392 g/mol. The van der Waals surface area contributed by atoms with Crippen molar-refractivity contribution < 1.29 is 9.53 Å². The molecule has 1 aromatic carbocycles. The Morgan fingerprint density at radius 1 is 1.14 bits per heavy atom. The molecular weight excluding hydrogens is 362 g/mol. The molecule has 29 heavy (non-hydrogen) atoms. The summed E-state index contributed by atoms with van der Waals surface area (Å²) < 4.78 is 6.24. The van der Waals surface area contributed by atoms with E-state index in [-0.39, 0.29) is 11.5 Å². The fraction of sp³-hybridized carbons (Fsp3) is 0.500. The van der Waals surface area contributed by atoms with Crippen molar-refractivity contribution >= 4 is 17.4 Å². The molecule has 5 heteroatoms. The van der Waals surface area contributed by atoms with Crippen LogP contribution in [0.2, 0.25) is 0 Å². The van der Waals surface area contributed by atoms with Crippen LogP contribution in [0, 0.1) is 0 Å². The van der Waals surface area contributed by atoms with Crippen molar-refractivity contribution in [1.29, 1.82) is 0 Å². The average Bonchev–Trinajstić information content (AvgIpc) is 3.18. The van der Waals surface area contributed by atoms with Crippen LogP contribution in [-0.2, 0) is 11.2 Å². The summed E-state index contributed by atoms with van der Waals surface area (Å²) in [5.74, 6) is 0.740. The zero-order chi connectivity index (χ0) is 19.7. The quantitative estimate of drug-likeness (QED) is 0.832. The van der Waals surface area contributed by atoms with Crippen LogP contribution in [0.1, 0.15) is 60.9 Å². The lowest BCUT2D eigenvalue weighted by molar-refractivity contribution is -0.103. The maximum absolute atomic E-state index is 13.4. The molecule has 3 aliphatic rings. The van der Waals surface area contributed by atoms with Gasteiger partial charge in [0.15, 0.2) is 0 Å². The second-order valence-corrected chi connectivity index (χ2v) is 8.66. The maximum atomic E-state index is 13.4. The fourth-order valence-electron chi connectivity index (χ4n) is 5.28. The lowest BCUT2D eigenvalue weighted by atomic mass is 9.78. The van der Waals surface area contributed by atoms with Crippen LogP contribution in [0.15, 0.2) is 42.6 Å². The van der Waals surface area contributed by atoms with Crippen LogP contribution < -0.4 is 10.2 Å². The Morgan fingerprint density at radius 2 is 2.00 bits per heavy atom. The minimum Gasteiger partial charge on any atom is -0.375 e. The van der Waals surface area contributed by atoms with Crippen molar-refractivity contribution in [1.82, 2.24) is 4.98 Å². The number of ether oxygens (including phenoxy) is 1. The summed E-state index contributed by atoms with van der Waals surface area (Å²) in [6, 6.07) is 12.2. The van der Waals surface area contributed by atoms with E-state index in [0.717, 1.165) is 50.9 Å². The molecule has 1 unspecified atom stereocenters. The van der Waals surface area contributed by atoms with E-state index >= 15 is 0 Å². The Morgan fingerprint density at radius 3 is 2.90 bits per heavy atom. The van der Waals surface area contributed by atoms with Gasteiger partial charge < -0.3 is 15.0 Å². The van der Waals surface area contributed by atoms with E-state index in [1.165, 1.54) is 24.8 Å². The summed E-state index contributed by atoms with van der Waals surface area (Å²) in [6.45, 7) is 1.51. The van der Waals surface area contributed by atoms with E-state index in [4.69, 9.17) is 4.74 Å². The summed E-state index contributed by atoms with van der Waals surface area (Å²) in [5.41, 5.74) is 2.96. The van der Waals surface area contributed by atoms with Gasteiger partial charge in [0.2, 0.25) is 0 Å². The van der Waals surface area contributed by atoms with Gasteiger partial charge in [-0.05, 0) is 55.9 Å². The zero-order valence-electron chi connectivity index (χ0n) is 16.9. The molecular formula is C24H29N3O2. The summed E-state index contributed by atoms with van der Waals surface area (Å²) in [4.78, 5) is 19.8. The summed E-state index contributed by atoms with van der Waals surface area (Å²) >= 11 is 0. The molecule has 1 aliphatic carbocycles. The van der Waals surface area contributed by atoms with E-state index in [1.54, 1.807) is 6.20 Å². The number of aromatic nitrogens is 1. The Kier molecular flexibility index (Phi) is 5.00. The van der Waals surface area contributed by atoms with Gasteiger partial charge in [0.1, 0.15) is 5.82 Å². The number of carbonyl (C=O) groups excluding carboxylic acids is 1. The molecule has 1 aromatic heterocycles. The van der Waals surface area contributed by atoms with Crippen LogP contribution >= 0.6 is 0 Å². The molecule has 1 saturated heterocycles. The molecule has 1 spiro atoms. The number of rotatable bonds is 3. The number of hydrogen-bond acceptors (Lipinski definition) is 4. The first-order valence-corrected chi connectivity index (χ1v) is 11.0. The number of nitrogens with one attached hydrogen (secondary N) is 1. The molecule has 1 amide bonds. The van der Waals surface area contributed by atoms with Gasteiger partial charge in [0.25, 0.3) is 5.91 Å². The van der Waals surface area contributed by atoms with Crippen LogP contribution in [0.25, 0.3) is 0 Å². The second-order valence-electron chi connectivity index (χ2n) is 8.66. The highest BCUT2D eigenvalue weighted by atomic mass is 16.5. The maximum Gasteiger partial charge on any atom is 0.262 e. The molecule has 1 atom stereocenters. The lowest BCUT2D eigenvalue weighted by Crippen LogP contribution is -2.46. The molecule has 2 fully saturated rings. The van der Waals surface area contributed by atoms with E-state index < -0.39 is 0 Å². The zero-order valence-corrected chi connectivity index (χ0v) is 16.9. The van der Waals surface area contributed by atoms with E-state index in [1.807, 2.05) is 35.2 Å².